The van der Waals surface area contributed by atoms with E-state index in [1.165, 1.54) is 10.4 Å². The topological polar surface area (TPSA) is 46.5 Å². The highest BCUT2D eigenvalue weighted by atomic mass is 28.4. The average Bonchev–Trinajstić information content (AvgIpc) is 3.10. The summed E-state index contributed by atoms with van der Waals surface area (Å²) in [7, 11) is -2.75. The van der Waals surface area contributed by atoms with E-state index in [0.29, 0.717) is 6.42 Å². The summed E-state index contributed by atoms with van der Waals surface area (Å²) in [6.07, 6.45) is 3.36. The Bertz CT molecular complexity index is 902. The number of rotatable bonds is 4. The highest BCUT2D eigenvalue weighted by molar-refractivity contribution is 6.99. The summed E-state index contributed by atoms with van der Waals surface area (Å²) >= 11 is 0. The van der Waals surface area contributed by atoms with Crippen LogP contribution >= 0.6 is 0 Å². The fraction of sp³-hybridized carbons (Fsp3) is 0.423. The Morgan fingerprint density at radius 3 is 2.03 bits per heavy atom. The fourth-order valence-electron chi connectivity index (χ4n) is 5.42. The lowest BCUT2D eigenvalue weighted by Gasteiger charge is -2.51. The van der Waals surface area contributed by atoms with Gasteiger partial charge in [-0.1, -0.05) is 87.0 Å². The van der Waals surface area contributed by atoms with Crippen LogP contribution in [0.4, 0.5) is 0 Å². The highest BCUT2D eigenvalue weighted by Gasteiger charge is 2.56. The molecule has 0 spiro atoms. The maximum absolute atomic E-state index is 12.1. The number of benzene rings is 2. The van der Waals surface area contributed by atoms with Gasteiger partial charge in [0.15, 0.2) is 5.78 Å². The van der Waals surface area contributed by atoms with Crippen LogP contribution in [0.15, 0.2) is 72.3 Å². The minimum Gasteiger partial charge on any atom is -0.402 e. The van der Waals surface area contributed by atoms with E-state index >= 15 is 0 Å². The van der Waals surface area contributed by atoms with Crippen LogP contribution in [0.3, 0.4) is 0 Å². The zero-order valence-corrected chi connectivity index (χ0v) is 19.4. The Labute approximate surface area is 180 Å². The molecule has 0 bridgehead atoms. The van der Waals surface area contributed by atoms with E-state index in [0.717, 1.165) is 18.4 Å². The summed E-state index contributed by atoms with van der Waals surface area (Å²) < 4.78 is 7.22. The fourth-order valence-corrected chi connectivity index (χ4v) is 10.2. The van der Waals surface area contributed by atoms with Gasteiger partial charge in [0.05, 0.1) is 11.7 Å². The first-order valence-corrected chi connectivity index (χ1v) is 12.8. The molecule has 3 atom stereocenters. The molecule has 0 saturated heterocycles. The predicted molar refractivity (Wildman–Crippen MR) is 124 cm³/mol. The molecule has 30 heavy (non-hydrogen) atoms. The van der Waals surface area contributed by atoms with E-state index in [9.17, 15) is 9.90 Å². The molecule has 0 unspecified atom stereocenters. The van der Waals surface area contributed by atoms with E-state index in [1.54, 1.807) is 6.08 Å². The SMILES string of the molecule is CC(C)(C)[Si](O[C@H]1CCC2=CC(=O)C[C@H]2[C@]1(C)O)(c1ccccc1)c1ccccc1. The zero-order chi connectivity index (χ0) is 21.6. The Kier molecular flexibility index (Phi) is 5.37. The Morgan fingerprint density at radius 1 is 1.00 bits per heavy atom. The van der Waals surface area contributed by atoms with Gasteiger partial charge in [-0.05, 0) is 41.3 Å². The molecule has 2 aliphatic carbocycles. The quantitative estimate of drug-likeness (QED) is 0.761. The lowest BCUT2D eigenvalue weighted by Crippen LogP contribution is -2.70. The van der Waals surface area contributed by atoms with Crippen molar-refractivity contribution in [3.05, 3.63) is 72.3 Å². The molecule has 0 radical (unpaired) electrons. The number of hydrogen-bond acceptors (Lipinski definition) is 3. The van der Waals surface area contributed by atoms with Gasteiger partial charge in [-0.15, -0.1) is 0 Å². The zero-order valence-electron chi connectivity index (χ0n) is 18.4. The van der Waals surface area contributed by atoms with E-state index < -0.39 is 13.9 Å². The minimum absolute atomic E-state index is 0.126. The normalized spacial score (nSPS) is 27.0. The molecule has 4 rings (SSSR count). The van der Waals surface area contributed by atoms with Crippen molar-refractivity contribution in [1.29, 1.82) is 0 Å². The third-order valence-electron chi connectivity index (χ3n) is 6.99. The van der Waals surface area contributed by atoms with E-state index in [1.807, 2.05) is 19.1 Å². The summed E-state index contributed by atoms with van der Waals surface area (Å²) in [5.74, 6) is -0.0108. The molecule has 0 aromatic heterocycles. The van der Waals surface area contributed by atoms with Crippen molar-refractivity contribution >= 4 is 24.5 Å². The van der Waals surface area contributed by atoms with Crippen molar-refractivity contribution in [3.63, 3.8) is 0 Å². The standard InChI is InChI=1S/C26H32O3Si/c1-25(2,3)30(21-11-7-5-8-12-21,22-13-9-6-10-14-22)29-24-16-15-19-17-20(27)18-23(19)26(24,4)28/h5-14,17,23-24,28H,15-16,18H2,1-4H3/t23-,24+,26+/m1/s1. The molecular weight excluding hydrogens is 388 g/mol. The van der Waals surface area contributed by atoms with Crippen molar-refractivity contribution in [1.82, 2.24) is 0 Å². The number of carbonyl (C=O) groups excluding carboxylic acids is 1. The second-order valence-corrected chi connectivity index (χ2v) is 14.2. The summed E-state index contributed by atoms with van der Waals surface area (Å²) in [5, 5.41) is 13.9. The first kappa shape index (κ1) is 21.2. The Hall–Kier alpha value is -2.01. The van der Waals surface area contributed by atoms with Gasteiger partial charge in [0.1, 0.15) is 0 Å². The first-order valence-electron chi connectivity index (χ1n) is 10.9. The first-order chi connectivity index (χ1) is 14.2. The van der Waals surface area contributed by atoms with Crippen molar-refractivity contribution in [2.24, 2.45) is 5.92 Å². The number of carbonyl (C=O) groups is 1. The van der Waals surface area contributed by atoms with Crippen molar-refractivity contribution in [2.75, 3.05) is 0 Å². The number of ketones is 1. The van der Waals surface area contributed by atoms with Gasteiger partial charge < -0.3 is 9.53 Å². The molecule has 4 heteroatoms. The number of aliphatic hydroxyl groups is 1. The average molecular weight is 421 g/mol. The lowest BCUT2D eigenvalue weighted by atomic mass is 9.72. The van der Waals surface area contributed by atoms with Gasteiger partial charge in [-0.3, -0.25) is 4.79 Å². The van der Waals surface area contributed by atoms with Crippen LogP contribution in [0.5, 0.6) is 0 Å². The molecule has 1 fully saturated rings. The lowest BCUT2D eigenvalue weighted by molar-refractivity contribution is -0.121. The second-order valence-electron chi connectivity index (χ2n) is 9.98. The van der Waals surface area contributed by atoms with E-state index in [2.05, 4.69) is 69.3 Å². The molecule has 158 valence electrons. The second kappa shape index (κ2) is 7.59. The van der Waals surface area contributed by atoms with Crippen molar-refractivity contribution < 1.29 is 14.3 Å². The smallest absolute Gasteiger partial charge is 0.261 e. The van der Waals surface area contributed by atoms with Gasteiger partial charge in [-0.25, -0.2) is 0 Å². The third kappa shape index (κ3) is 3.41. The maximum atomic E-state index is 12.1. The monoisotopic (exact) mass is 420 g/mol. The summed E-state index contributed by atoms with van der Waals surface area (Å²) in [6.45, 7) is 8.62. The van der Waals surface area contributed by atoms with Gasteiger partial charge in [0, 0.05) is 12.3 Å². The molecule has 0 aliphatic heterocycles. The number of fused-ring (bicyclic) bond motifs is 1. The molecule has 2 aromatic carbocycles. The number of hydrogen-bond donors (Lipinski definition) is 1. The molecular formula is C26H32O3Si. The maximum Gasteiger partial charge on any atom is 0.261 e. The summed E-state index contributed by atoms with van der Waals surface area (Å²) in [6, 6.07) is 21.1. The van der Waals surface area contributed by atoms with Crippen LogP contribution in [-0.4, -0.2) is 30.9 Å². The van der Waals surface area contributed by atoms with E-state index in [4.69, 9.17) is 4.43 Å². The van der Waals surface area contributed by atoms with Crippen LogP contribution in [0, 0.1) is 5.92 Å². The molecule has 3 nitrogen and oxygen atoms in total. The van der Waals surface area contributed by atoms with Gasteiger partial charge in [0.25, 0.3) is 8.32 Å². The highest BCUT2D eigenvalue weighted by Crippen LogP contribution is 2.47. The van der Waals surface area contributed by atoms with Crippen LogP contribution in [0.1, 0.15) is 47.0 Å². The minimum atomic E-state index is -2.75. The van der Waals surface area contributed by atoms with Crippen LogP contribution < -0.4 is 10.4 Å². The third-order valence-corrected chi connectivity index (χ3v) is 12.0. The summed E-state index contributed by atoms with van der Waals surface area (Å²) in [5.41, 5.74) is 0.0239. The van der Waals surface area contributed by atoms with E-state index in [-0.39, 0.29) is 22.8 Å². The van der Waals surface area contributed by atoms with Crippen molar-refractivity contribution in [3.8, 4) is 0 Å². The Morgan fingerprint density at radius 2 is 1.53 bits per heavy atom. The van der Waals surface area contributed by atoms with Crippen LogP contribution in [-0.2, 0) is 9.22 Å². The molecule has 2 aliphatic rings. The summed E-state index contributed by atoms with van der Waals surface area (Å²) in [4.78, 5) is 12.1. The van der Waals surface area contributed by atoms with Crippen molar-refractivity contribution in [2.45, 2.75) is 63.7 Å². The van der Waals surface area contributed by atoms with Crippen LogP contribution in [0.2, 0.25) is 5.04 Å². The van der Waals surface area contributed by atoms with Gasteiger partial charge in [-0.2, -0.15) is 0 Å². The van der Waals surface area contributed by atoms with Gasteiger partial charge in [0.2, 0.25) is 0 Å². The number of allylic oxidation sites excluding steroid dienone is 1. The van der Waals surface area contributed by atoms with Gasteiger partial charge >= 0.3 is 0 Å². The Balaban J connectivity index is 1.83. The molecule has 0 amide bonds. The molecule has 1 N–H and O–H groups in total. The largest absolute Gasteiger partial charge is 0.402 e. The molecule has 2 aromatic rings. The molecule has 1 saturated carbocycles. The molecule has 0 heterocycles. The van der Waals surface area contributed by atoms with Crippen LogP contribution in [0.25, 0.3) is 0 Å². The predicted octanol–water partition coefficient (Wildman–Crippen LogP) is 3.99.